The molecular formula is C20H25ClN4O2. The van der Waals surface area contributed by atoms with E-state index < -0.39 is 0 Å². The summed E-state index contributed by atoms with van der Waals surface area (Å²) < 4.78 is 5.52. The maximum absolute atomic E-state index is 12.6. The predicted octanol–water partition coefficient (Wildman–Crippen LogP) is 3.49. The van der Waals surface area contributed by atoms with Crippen molar-refractivity contribution in [2.45, 2.75) is 38.0 Å². The Morgan fingerprint density at radius 1 is 1.30 bits per heavy atom. The van der Waals surface area contributed by atoms with Gasteiger partial charge in [0.1, 0.15) is 0 Å². The molecule has 2 aromatic rings. The molecule has 0 saturated carbocycles. The topological polar surface area (TPSA) is 71.3 Å². The van der Waals surface area contributed by atoms with Gasteiger partial charge in [-0.05, 0) is 69.0 Å². The number of benzene rings is 1. The van der Waals surface area contributed by atoms with Gasteiger partial charge in [0.05, 0.1) is 5.92 Å². The molecule has 144 valence electrons. The number of rotatable bonds is 5. The zero-order valence-electron chi connectivity index (χ0n) is 15.4. The van der Waals surface area contributed by atoms with Gasteiger partial charge in [-0.25, -0.2) is 0 Å². The van der Waals surface area contributed by atoms with Crippen LogP contribution in [0.15, 0.2) is 28.8 Å². The molecule has 3 heterocycles. The minimum Gasteiger partial charge on any atom is -0.342 e. The van der Waals surface area contributed by atoms with Crippen molar-refractivity contribution in [1.82, 2.24) is 20.4 Å². The van der Waals surface area contributed by atoms with Crippen LogP contribution in [0.1, 0.15) is 43.9 Å². The molecule has 4 rings (SSSR count). The Morgan fingerprint density at radius 2 is 2.15 bits per heavy atom. The van der Waals surface area contributed by atoms with Crippen LogP contribution in [0.3, 0.4) is 0 Å². The molecule has 1 aromatic carbocycles. The lowest BCUT2D eigenvalue weighted by molar-refractivity contribution is -0.132. The monoisotopic (exact) mass is 388 g/mol. The SMILES string of the molecule is O=C(CCC1CCNC1)N1CCCC(c2nc(-c3ccc(Cl)cc3)no2)C1. The van der Waals surface area contributed by atoms with E-state index in [0.717, 1.165) is 44.5 Å². The van der Waals surface area contributed by atoms with Gasteiger partial charge in [-0.2, -0.15) is 4.98 Å². The first-order chi connectivity index (χ1) is 13.2. The minimum atomic E-state index is 0.115. The third-order valence-electron chi connectivity index (χ3n) is 5.60. The molecule has 0 radical (unpaired) electrons. The van der Waals surface area contributed by atoms with Crippen LogP contribution in [0.4, 0.5) is 0 Å². The molecule has 0 bridgehead atoms. The fourth-order valence-electron chi connectivity index (χ4n) is 3.97. The van der Waals surface area contributed by atoms with E-state index in [9.17, 15) is 4.79 Å². The highest BCUT2D eigenvalue weighted by atomic mass is 35.5. The molecule has 7 heteroatoms. The Kier molecular flexibility index (Phi) is 5.74. The highest BCUT2D eigenvalue weighted by molar-refractivity contribution is 6.30. The maximum Gasteiger partial charge on any atom is 0.231 e. The lowest BCUT2D eigenvalue weighted by Gasteiger charge is -2.31. The summed E-state index contributed by atoms with van der Waals surface area (Å²) in [6, 6.07) is 7.39. The van der Waals surface area contributed by atoms with Crippen LogP contribution in [0.2, 0.25) is 5.02 Å². The lowest BCUT2D eigenvalue weighted by Crippen LogP contribution is -2.39. The van der Waals surface area contributed by atoms with Crippen LogP contribution >= 0.6 is 11.6 Å². The van der Waals surface area contributed by atoms with Crippen molar-refractivity contribution in [2.24, 2.45) is 5.92 Å². The highest BCUT2D eigenvalue weighted by Gasteiger charge is 2.29. The normalized spacial score (nSPS) is 22.9. The molecule has 2 unspecified atom stereocenters. The van der Waals surface area contributed by atoms with Crippen LogP contribution in [0.5, 0.6) is 0 Å². The van der Waals surface area contributed by atoms with Gasteiger partial charge in [0.15, 0.2) is 0 Å². The molecule has 0 aliphatic carbocycles. The van der Waals surface area contributed by atoms with Gasteiger partial charge in [0.2, 0.25) is 17.6 Å². The molecule has 1 N–H and O–H groups in total. The van der Waals surface area contributed by atoms with E-state index >= 15 is 0 Å². The predicted molar refractivity (Wildman–Crippen MR) is 104 cm³/mol. The number of nitrogens with one attached hydrogen (secondary N) is 1. The summed E-state index contributed by atoms with van der Waals surface area (Å²) in [5.74, 6) is 2.21. The van der Waals surface area contributed by atoms with E-state index in [1.165, 1.54) is 6.42 Å². The van der Waals surface area contributed by atoms with Gasteiger partial charge in [0, 0.05) is 30.1 Å². The average molecular weight is 389 g/mol. The van der Waals surface area contributed by atoms with Gasteiger partial charge in [-0.1, -0.05) is 16.8 Å². The number of carbonyl (C=O) groups is 1. The molecule has 6 nitrogen and oxygen atoms in total. The molecule has 0 spiro atoms. The number of hydrogen-bond donors (Lipinski definition) is 1. The van der Waals surface area contributed by atoms with Crippen molar-refractivity contribution in [3.63, 3.8) is 0 Å². The number of likely N-dealkylation sites (tertiary alicyclic amines) is 1. The van der Waals surface area contributed by atoms with Gasteiger partial charge in [-0.15, -0.1) is 0 Å². The summed E-state index contributed by atoms with van der Waals surface area (Å²) in [5, 5.41) is 8.15. The van der Waals surface area contributed by atoms with Crippen molar-refractivity contribution in [1.29, 1.82) is 0 Å². The van der Waals surface area contributed by atoms with Gasteiger partial charge in [0.25, 0.3) is 0 Å². The van der Waals surface area contributed by atoms with Gasteiger partial charge in [-0.3, -0.25) is 4.79 Å². The number of carbonyl (C=O) groups excluding carboxylic acids is 1. The second-order valence-corrected chi connectivity index (χ2v) is 7.98. The van der Waals surface area contributed by atoms with E-state index in [2.05, 4.69) is 15.5 Å². The van der Waals surface area contributed by atoms with Crippen LogP contribution in [0.25, 0.3) is 11.4 Å². The third kappa shape index (κ3) is 4.50. The number of aromatic nitrogens is 2. The maximum atomic E-state index is 12.6. The highest BCUT2D eigenvalue weighted by Crippen LogP contribution is 2.28. The Hall–Kier alpha value is -1.92. The van der Waals surface area contributed by atoms with E-state index in [-0.39, 0.29) is 11.8 Å². The largest absolute Gasteiger partial charge is 0.342 e. The first-order valence-corrected chi connectivity index (χ1v) is 10.1. The molecule has 1 amide bonds. The Balaban J connectivity index is 1.36. The zero-order valence-corrected chi connectivity index (χ0v) is 16.1. The summed E-state index contributed by atoms with van der Waals surface area (Å²) in [7, 11) is 0. The number of piperidine rings is 1. The summed E-state index contributed by atoms with van der Waals surface area (Å²) in [6.07, 6.45) is 4.75. The number of nitrogens with zero attached hydrogens (tertiary/aromatic N) is 3. The van der Waals surface area contributed by atoms with Crippen molar-refractivity contribution < 1.29 is 9.32 Å². The summed E-state index contributed by atoms with van der Waals surface area (Å²) >= 11 is 5.93. The van der Waals surface area contributed by atoms with Crippen molar-refractivity contribution in [2.75, 3.05) is 26.2 Å². The van der Waals surface area contributed by atoms with E-state index in [1.807, 2.05) is 29.2 Å². The number of hydrogen-bond acceptors (Lipinski definition) is 5. The lowest BCUT2D eigenvalue weighted by atomic mass is 9.96. The molecule has 2 aliphatic heterocycles. The summed E-state index contributed by atoms with van der Waals surface area (Å²) in [5.41, 5.74) is 0.878. The van der Waals surface area contributed by atoms with Gasteiger partial charge < -0.3 is 14.7 Å². The van der Waals surface area contributed by atoms with E-state index in [1.54, 1.807) is 0 Å². The molecule has 2 atom stereocenters. The third-order valence-corrected chi connectivity index (χ3v) is 5.85. The molecule has 27 heavy (non-hydrogen) atoms. The average Bonchev–Trinajstić information content (AvgIpc) is 3.39. The number of amides is 1. The molecule has 2 saturated heterocycles. The van der Waals surface area contributed by atoms with Crippen LogP contribution < -0.4 is 5.32 Å². The summed E-state index contributed by atoms with van der Waals surface area (Å²) in [6.45, 7) is 3.63. The smallest absolute Gasteiger partial charge is 0.231 e. The molecule has 2 fully saturated rings. The van der Waals surface area contributed by atoms with Crippen LogP contribution in [-0.4, -0.2) is 47.1 Å². The zero-order chi connectivity index (χ0) is 18.6. The quantitative estimate of drug-likeness (QED) is 0.848. The van der Waals surface area contributed by atoms with E-state index in [4.69, 9.17) is 16.1 Å². The van der Waals surface area contributed by atoms with Crippen molar-refractivity contribution >= 4 is 17.5 Å². The Morgan fingerprint density at radius 3 is 2.93 bits per heavy atom. The Bertz CT molecular complexity index is 771. The van der Waals surface area contributed by atoms with Crippen LogP contribution in [0, 0.1) is 5.92 Å². The standard InChI is InChI=1S/C20H25ClN4O2/c21-17-6-4-15(5-7-17)19-23-20(27-24-19)16-2-1-11-25(13-16)18(26)8-3-14-9-10-22-12-14/h4-7,14,16,22H,1-3,8-13H2. The molecular weight excluding hydrogens is 364 g/mol. The van der Waals surface area contributed by atoms with Crippen LogP contribution in [-0.2, 0) is 4.79 Å². The van der Waals surface area contributed by atoms with Gasteiger partial charge >= 0.3 is 0 Å². The molecule has 1 aromatic heterocycles. The molecule has 2 aliphatic rings. The fraction of sp³-hybridized carbons (Fsp3) is 0.550. The second-order valence-electron chi connectivity index (χ2n) is 7.54. The fourth-order valence-corrected chi connectivity index (χ4v) is 4.10. The van der Waals surface area contributed by atoms with Crippen molar-refractivity contribution in [3.8, 4) is 11.4 Å². The Labute approximate surface area is 164 Å². The minimum absolute atomic E-state index is 0.115. The summed E-state index contributed by atoms with van der Waals surface area (Å²) in [4.78, 5) is 19.2. The van der Waals surface area contributed by atoms with Crippen molar-refractivity contribution in [3.05, 3.63) is 35.2 Å². The van der Waals surface area contributed by atoms with E-state index in [0.29, 0.717) is 35.6 Å². The number of halogens is 1. The second kappa shape index (κ2) is 8.40. The first-order valence-electron chi connectivity index (χ1n) is 9.77. The first kappa shape index (κ1) is 18.4.